The van der Waals surface area contributed by atoms with Crippen LogP contribution in [0.15, 0.2) is 109 Å². The van der Waals surface area contributed by atoms with Crippen molar-refractivity contribution < 1.29 is 80.2 Å². The SMILES string of the molecule is CC/C=C\C/C=C\C/C=C\C/C=C\CCCCCCC(=O)OCC(COP(=O)(O)OCC(O)COP(=O)(O)OCC(COC(=O)CCCCCCCC/C=C\C/C=C\C/C=C\CCCCC)OC(=O)CCCCCCC/C=C\CCCC)OC(=O)CCCCCCC/C=C\CCCCCC. The molecule has 19 heteroatoms. The monoisotopic (exact) mass is 1450 g/mol. The molecule has 0 heterocycles. The predicted octanol–water partition coefficient (Wildman–Crippen LogP) is 22.6. The van der Waals surface area contributed by atoms with Gasteiger partial charge in [0.25, 0.3) is 0 Å². The Morgan fingerprint density at radius 2 is 0.530 bits per heavy atom. The molecule has 100 heavy (non-hydrogen) atoms. The topological polar surface area (TPSA) is 237 Å². The third-order valence-electron chi connectivity index (χ3n) is 16.2. The van der Waals surface area contributed by atoms with Crippen LogP contribution in [0.25, 0.3) is 0 Å². The molecule has 0 saturated carbocycles. The number of hydrogen-bond acceptors (Lipinski definition) is 15. The van der Waals surface area contributed by atoms with Crippen LogP contribution in [0, 0.1) is 0 Å². The fourth-order valence-corrected chi connectivity index (χ4v) is 11.8. The Morgan fingerprint density at radius 1 is 0.290 bits per heavy atom. The van der Waals surface area contributed by atoms with E-state index >= 15 is 0 Å². The molecule has 0 rings (SSSR count). The lowest BCUT2D eigenvalue weighted by molar-refractivity contribution is -0.161. The van der Waals surface area contributed by atoms with Gasteiger partial charge in [-0.05, 0) is 148 Å². The minimum atomic E-state index is -4.98. The second-order valence-corrected chi connectivity index (χ2v) is 28.8. The van der Waals surface area contributed by atoms with E-state index in [4.69, 9.17) is 37.0 Å². The van der Waals surface area contributed by atoms with Gasteiger partial charge in [0.15, 0.2) is 12.2 Å². The third-order valence-corrected chi connectivity index (χ3v) is 18.1. The first-order valence-corrected chi connectivity index (χ1v) is 42.1. The van der Waals surface area contributed by atoms with Crippen molar-refractivity contribution >= 4 is 39.5 Å². The number of phosphoric ester groups is 2. The fourth-order valence-electron chi connectivity index (χ4n) is 10.2. The van der Waals surface area contributed by atoms with Crippen molar-refractivity contribution in [3.05, 3.63) is 109 Å². The molecule has 576 valence electrons. The number of aliphatic hydroxyl groups excluding tert-OH is 1. The Labute approximate surface area is 607 Å². The van der Waals surface area contributed by atoms with Crippen molar-refractivity contribution in [2.75, 3.05) is 39.6 Å². The first-order chi connectivity index (χ1) is 48.7. The Morgan fingerprint density at radius 3 is 0.860 bits per heavy atom. The summed E-state index contributed by atoms with van der Waals surface area (Å²) in [6, 6.07) is 0. The molecule has 0 fully saturated rings. The molecule has 5 unspecified atom stereocenters. The molecule has 17 nitrogen and oxygen atoms in total. The number of ether oxygens (including phenoxy) is 4. The number of rotatable bonds is 73. The first kappa shape index (κ1) is 95.7. The Kier molecular flexibility index (Phi) is 69.9. The van der Waals surface area contributed by atoms with Crippen molar-refractivity contribution in [2.24, 2.45) is 0 Å². The second-order valence-electron chi connectivity index (χ2n) is 25.9. The molecule has 0 saturated heterocycles. The Hall–Kier alpha value is -4.28. The van der Waals surface area contributed by atoms with Gasteiger partial charge in [-0.1, -0.05) is 259 Å². The highest BCUT2D eigenvalue weighted by Crippen LogP contribution is 2.45. The highest BCUT2D eigenvalue weighted by atomic mass is 31.2. The van der Waals surface area contributed by atoms with E-state index in [1.54, 1.807) is 0 Å². The number of carbonyl (C=O) groups excluding carboxylic acids is 4. The van der Waals surface area contributed by atoms with Gasteiger partial charge in [-0.2, -0.15) is 0 Å². The van der Waals surface area contributed by atoms with Crippen LogP contribution in [0.4, 0.5) is 0 Å². The van der Waals surface area contributed by atoms with E-state index in [1.165, 1.54) is 57.8 Å². The van der Waals surface area contributed by atoms with Gasteiger partial charge in [0.2, 0.25) is 0 Å². The normalized spacial score (nSPS) is 14.5. The van der Waals surface area contributed by atoms with Crippen LogP contribution < -0.4 is 0 Å². The average molecular weight is 1450 g/mol. The first-order valence-electron chi connectivity index (χ1n) is 39.1. The minimum absolute atomic E-state index is 0.0782. The molecular weight excluding hydrogens is 1310 g/mol. The molecule has 0 amide bonds. The van der Waals surface area contributed by atoms with E-state index in [-0.39, 0.29) is 25.7 Å². The van der Waals surface area contributed by atoms with Crippen molar-refractivity contribution in [1.82, 2.24) is 0 Å². The maximum Gasteiger partial charge on any atom is 0.472 e. The van der Waals surface area contributed by atoms with Crippen LogP contribution in [0.2, 0.25) is 0 Å². The van der Waals surface area contributed by atoms with Crippen molar-refractivity contribution in [3.63, 3.8) is 0 Å². The number of allylic oxidation sites excluding steroid dienone is 18. The summed E-state index contributed by atoms with van der Waals surface area (Å²) in [5.74, 6) is -2.23. The summed E-state index contributed by atoms with van der Waals surface area (Å²) in [5, 5.41) is 10.6. The van der Waals surface area contributed by atoms with Crippen LogP contribution in [0.1, 0.15) is 323 Å². The van der Waals surface area contributed by atoms with E-state index in [9.17, 15) is 43.2 Å². The van der Waals surface area contributed by atoms with Gasteiger partial charge in [0.05, 0.1) is 26.4 Å². The molecule has 3 N–H and O–H groups in total. The van der Waals surface area contributed by atoms with E-state index in [0.717, 1.165) is 186 Å². The number of hydrogen-bond donors (Lipinski definition) is 3. The maximum absolute atomic E-state index is 13.1. The fraction of sp³-hybridized carbons (Fsp3) is 0.728. The van der Waals surface area contributed by atoms with Gasteiger partial charge in [-0.3, -0.25) is 37.3 Å². The third kappa shape index (κ3) is 72.1. The number of carbonyl (C=O) groups is 4. The summed E-state index contributed by atoms with van der Waals surface area (Å²) >= 11 is 0. The zero-order valence-corrected chi connectivity index (χ0v) is 64.6. The largest absolute Gasteiger partial charge is 0.472 e. The van der Waals surface area contributed by atoms with Crippen molar-refractivity contribution in [2.45, 2.75) is 341 Å². The Balaban J connectivity index is 5.33. The van der Waals surface area contributed by atoms with E-state index in [1.807, 2.05) is 0 Å². The zero-order chi connectivity index (χ0) is 73.2. The van der Waals surface area contributed by atoms with Crippen molar-refractivity contribution in [3.8, 4) is 0 Å². The molecule has 0 aliphatic carbocycles. The molecular formula is C81H140O17P2. The minimum Gasteiger partial charge on any atom is -0.462 e. The summed E-state index contributed by atoms with van der Waals surface area (Å²) < 4.78 is 68.5. The highest BCUT2D eigenvalue weighted by Gasteiger charge is 2.30. The number of unbranched alkanes of at least 4 members (excludes halogenated alkanes) is 29. The quantitative estimate of drug-likeness (QED) is 0.0169. The number of aliphatic hydroxyl groups is 1. The van der Waals surface area contributed by atoms with E-state index in [2.05, 4.69) is 137 Å². The van der Waals surface area contributed by atoms with Gasteiger partial charge in [0, 0.05) is 25.7 Å². The summed E-state index contributed by atoms with van der Waals surface area (Å²) in [6.45, 7) is 4.63. The molecule has 0 aromatic heterocycles. The van der Waals surface area contributed by atoms with Crippen LogP contribution in [-0.4, -0.2) is 96.7 Å². The lowest BCUT2D eigenvalue weighted by Gasteiger charge is -2.21. The van der Waals surface area contributed by atoms with E-state index < -0.39 is 97.5 Å². The summed E-state index contributed by atoms with van der Waals surface area (Å²) in [4.78, 5) is 72.9. The van der Waals surface area contributed by atoms with Crippen LogP contribution in [-0.2, 0) is 65.4 Å². The van der Waals surface area contributed by atoms with Gasteiger partial charge in [-0.15, -0.1) is 0 Å². The molecule has 0 aliphatic heterocycles. The molecule has 5 atom stereocenters. The second kappa shape index (κ2) is 73.0. The molecule has 0 radical (unpaired) electrons. The number of esters is 4. The highest BCUT2D eigenvalue weighted by molar-refractivity contribution is 7.47. The van der Waals surface area contributed by atoms with E-state index in [0.29, 0.717) is 25.7 Å². The lowest BCUT2D eigenvalue weighted by Crippen LogP contribution is -2.30. The molecule has 0 aromatic rings. The standard InChI is InChI=1S/C81H140O17P2/c1-5-9-13-17-21-25-29-32-34-36-37-39-41-44-47-50-54-58-62-66-78(83)91-71-76(97-80(85)67-63-59-55-51-45-28-24-20-16-12-8-4)73-95-99(87,88)93-69-75(82)70-94-100(89,90)96-74-77(98-81(86)68-64-60-56-52-48-42-31-27-23-19-15-11-7-3)72-92-79(84)65-61-57-53-49-46-43-40-38-35-33-30-26-22-18-14-10-6-2/h10,14,20-22,24-27,31-35,37,39-40,43,75-77,82H,5-9,11-13,15-19,23,28-30,36,38,41-42,44-74H2,1-4H3,(H,87,88)(H,89,90)/b14-10-,24-20-,25-21-,26-22-,31-27-,34-32-,35-33-,39-37-,43-40-. The van der Waals surface area contributed by atoms with Gasteiger partial charge < -0.3 is 33.8 Å². The Bertz CT molecular complexity index is 2320. The van der Waals surface area contributed by atoms with Crippen LogP contribution in [0.5, 0.6) is 0 Å². The molecule has 0 spiro atoms. The average Bonchev–Trinajstić information content (AvgIpc) is 0.939. The molecule has 0 aliphatic rings. The molecule has 0 aromatic carbocycles. The smallest absolute Gasteiger partial charge is 0.462 e. The van der Waals surface area contributed by atoms with Gasteiger partial charge >= 0.3 is 39.5 Å². The zero-order valence-electron chi connectivity index (χ0n) is 62.8. The van der Waals surface area contributed by atoms with Crippen LogP contribution >= 0.6 is 15.6 Å². The maximum atomic E-state index is 13.1. The summed E-state index contributed by atoms with van der Waals surface area (Å²) in [7, 11) is -9.96. The number of phosphoric acid groups is 2. The van der Waals surface area contributed by atoms with Gasteiger partial charge in [-0.25, -0.2) is 9.13 Å². The molecule has 0 bridgehead atoms. The summed E-state index contributed by atoms with van der Waals surface area (Å²) in [6.07, 6.45) is 77.9. The summed E-state index contributed by atoms with van der Waals surface area (Å²) in [5.41, 5.74) is 0. The predicted molar refractivity (Wildman–Crippen MR) is 408 cm³/mol. The lowest BCUT2D eigenvalue weighted by atomic mass is 10.1. The van der Waals surface area contributed by atoms with Gasteiger partial charge in [0.1, 0.15) is 19.3 Å². The van der Waals surface area contributed by atoms with Crippen molar-refractivity contribution in [1.29, 1.82) is 0 Å². The van der Waals surface area contributed by atoms with Crippen LogP contribution in [0.3, 0.4) is 0 Å².